The van der Waals surface area contributed by atoms with Gasteiger partial charge in [0.05, 0.1) is 4.34 Å². The average Bonchev–Trinajstić information content (AvgIpc) is 2.86. The third kappa shape index (κ3) is 7.15. The zero-order valence-corrected chi connectivity index (χ0v) is 15.5. The van der Waals surface area contributed by atoms with Gasteiger partial charge < -0.3 is 11.1 Å². The minimum absolute atomic E-state index is 0. The van der Waals surface area contributed by atoms with Gasteiger partial charge in [-0.3, -0.25) is 4.99 Å². The summed E-state index contributed by atoms with van der Waals surface area (Å²) in [5.41, 5.74) is 7.12. The maximum Gasteiger partial charge on any atom is 0.188 e. The van der Waals surface area contributed by atoms with E-state index in [1.54, 1.807) is 11.3 Å². The van der Waals surface area contributed by atoms with Crippen LogP contribution >= 0.6 is 46.9 Å². The number of nitrogens with two attached hydrogens (primary N) is 1. The molecule has 0 saturated heterocycles. The summed E-state index contributed by atoms with van der Waals surface area (Å²) < 4.78 is 0.818. The molecule has 0 fully saturated rings. The van der Waals surface area contributed by atoms with Crippen LogP contribution in [0.5, 0.6) is 0 Å². The molecule has 0 spiro atoms. The lowest BCUT2D eigenvalue weighted by Gasteiger charge is -2.05. The van der Waals surface area contributed by atoms with E-state index in [0.717, 1.165) is 23.7 Å². The number of hydrogen-bond acceptors (Lipinski definition) is 2. The molecule has 6 heteroatoms. The molecule has 1 heterocycles. The van der Waals surface area contributed by atoms with E-state index >= 15 is 0 Å². The van der Waals surface area contributed by atoms with E-state index in [1.807, 2.05) is 30.3 Å². The van der Waals surface area contributed by atoms with E-state index in [-0.39, 0.29) is 24.0 Å². The van der Waals surface area contributed by atoms with Crippen molar-refractivity contribution in [1.29, 1.82) is 0 Å². The van der Waals surface area contributed by atoms with Gasteiger partial charge in [0, 0.05) is 24.4 Å². The number of nitrogens with one attached hydrogen (secondary N) is 1. The van der Waals surface area contributed by atoms with Crippen molar-refractivity contribution in [3.63, 3.8) is 0 Å². The summed E-state index contributed by atoms with van der Waals surface area (Å²) in [6, 6.07) is 14.3. The van der Waals surface area contributed by atoms with Gasteiger partial charge in [0.15, 0.2) is 5.96 Å². The predicted octanol–water partition coefficient (Wildman–Crippen LogP) is 3.71. The SMILES string of the molecule is I.NC(=NCCc1ccc(Cl)s1)NCCc1ccccc1. The van der Waals surface area contributed by atoms with Crippen LogP contribution in [0.2, 0.25) is 4.34 Å². The molecule has 1 aromatic carbocycles. The van der Waals surface area contributed by atoms with Gasteiger partial charge in [-0.2, -0.15) is 0 Å². The monoisotopic (exact) mass is 435 g/mol. The minimum Gasteiger partial charge on any atom is -0.370 e. The molecular weight excluding hydrogens is 417 g/mol. The largest absolute Gasteiger partial charge is 0.370 e. The normalized spacial score (nSPS) is 11.0. The number of thiophene rings is 1. The number of guanidine groups is 1. The molecule has 0 radical (unpaired) electrons. The number of hydrogen-bond donors (Lipinski definition) is 2. The van der Waals surface area contributed by atoms with Crippen LogP contribution in [-0.2, 0) is 12.8 Å². The molecular formula is C15H19ClIN3S. The first-order valence-electron chi connectivity index (χ1n) is 6.56. The van der Waals surface area contributed by atoms with E-state index in [2.05, 4.69) is 22.4 Å². The molecule has 0 bridgehead atoms. The average molecular weight is 436 g/mol. The van der Waals surface area contributed by atoms with Gasteiger partial charge in [-0.25, -0.2) is 0 Å². The number of benzene rings is 1. The van der Waals surface area contributed by atoms with E-state index in [9.17, 15) is 0 Å². The molecule has 3 N–H and O–H groups in total. The Morgan fingerprint density at radius 3 is 2.57 bits per heavy atom. The van der Waals surface area contributed by atoms with Crippen LogP contribution in [0.25, 0.3) is 0 Å². The fourth-order valence-electron chi connectivity index (χ4n) is 1.81. The van der Waals surface area contributed by atoms with Gasteiger partial charge in [-0.15, -0.1) is 35.3 Å². The Bertz CT molecular complexity index is 557. The molecule has 0 saturated carbocycles. The summed E-state index contributed by atoms with van der Waals surface area (Å²) in [4.78, 5) is 5.54. The second-order valence-electron chi connectivity index (χ2n) is 4.39. The summed E-state index contributed by atoms with van der Waals surface area (Å²) >= 11 is 7.46. The summed E-state index contributed by atoms with van der Waals surface area (Å²) in [6.07, 6.45) is 1.82. The highest BCUT2D eigenvalue weighted by Crippen LogP contribution is 2.21. The smallest absolute Gasteiger partial charge is 0.188 e. The molecule has 3 nitrogen and oxygen atoms in total. The standard InChI is InChI=1S/C15H18ClN3S.HI/c16-14-7-6-13(20-14)9-11-19-15(17)18-10-8-12-4-2-1-3-5-12;/h1-7H,8-11H2,(H3,17,18,19);1H. The number of nitrogens with zero attached hydrogens (tertiary/aromatic N) is 1. The third-order valence-electron chi connectivity index (χ3n) is 2.83. The lowest BCUT2D eigenvalue weighted by atomic mass is 10.1. The minimum atomic E-state index is 0. The van der Waals surface area contributed by atoms with Crippen molar-refractivity contribution < 1.29 is 0 Å². The highest BCUT2D eigenvalue weighted by molar-refractivity contribution is 14.0. The number of rotatable bonds is 6. The first kappa shape index (κ1) is 18.3. The third-order valence-corrected chi connectivity index (χ3v) is 4.12. The molecule has 0 amide bonds. The Hall–Kier alpha value is -0.790. The van der Waals surface area contributed by atoms with Gasteiger partial charge in [0.2, 0.25) is 0 Å². The van der Waals surface area contributed by atoms with Crippen molar-refractivity contribution in [2.24, 2.45) is 10.7 Å². The van der Waals surface area contributed by atoms with Crippen molar-refractivity contribution in [2.45, 2.75) is 12.8 Å². The fourth-order valence-corrected chi connectivity index (χ4v) is 2.88. The van der Waals surface area contributed by atoms with Crippen LogP contribution in [0.15, 0.2) is 47.5 Å². The maximum atomic E-state index is 5.87. The van der Waals surface area contributed by atoms with Gasteiger partial charge in [0.25, 0.3) is 0 Å². The number of aliphatic imine (C=N–C) groups is 1. The molecule has 2 rings (SSSR count). The van der Waals surface area contributed by atoms with Crippen molar-refractivity contribution in [3.8, 4) is 0 Å². The first-order valence-corrected chi connectivity index (χ1v) is 7.75. The molecule has 0 aliphatic rings. The molecule has 114 valence electrons. The Kier molecular flexibility index (Phi) is 8.72. The van der Waals surface area contributed by atoms with Crippen molar-refractivity contribution in [1.82, 2.24) is 5.32 Å². The van der Waals surface area contributed by atoms with Gasteiger partial charge in [-0.1, -0.05) is 41.9 Å². The van der Waals surface area contributed by atoms with E-state index in [0.29, 0.717) is 12.5 Å². The fraction of sp³-hybridized carbons (Fsp3) is 0.267. The molecule has 21 heavy (non-hydrogen) atoms. The maximum absolute atomic E-state index is 5.87. The highest BCUT2D eigenvalue weighted by Gasteiger charge is 1.98. The first-order chi connectivity index (χ1) is 9.74. The van der Waals surface area contributed by atoms with E-state index < -0.39 is 0 Å². The van der Waals surface area contributed by atoms with E-state index in [1.165, 1.54) is 10.4 Å². The van der Waals surface area contributed by atoms with Crippen LogP contribution in [0.4, 0.5) is 0 Å². The zero-order chi connectivity index (χ0) is 14.2. The van der Waals surface area contributed by atoms with Gasteiger partial charge >= 0.3 is 0 Å². The quantitative estimate of drug-likeness (QED) is 0.413. The predicted molar refractivity (Wildman–Crippen MR) is 103 cm³/mol. The lowest BCUT2D eigenvalue weighted by molar-refractivity contribution is 0.845. The lowest BCUT2D eigenvalue weighted by Crippen LogP contribution is -2.33. The highest BCUT2D eigenvalue weighted by atomic mass is 127. The van der Waals surface area contributed by atoms with Crippen LogP contribution in [0.3, 0.4) is 0 Å². The molecule has 0 atom stereocenters. The summed E-state index contributed by atoms with van der Waals surface area (Å²) in [5, 5.41) is 3.13. The summed E-state index contributed by atoms with van der Waals surface area (Å²) in [5.74, 6) is 0.503. The van der Waals surface area contributed by atoms with Crippen LogP contribution in [0.1, 0.15) is 10.4 Å². The van der Waals surface area contributed by atoms with Gasteiger partial charge in [-0.05, 0) is 24.1 Å². The van der Waals surface area contributed by atoms with E-state index in [4.69, 9.17) is 17.3 Å². The zero-order valence-electron chi connectivity index (χ0n) is 11.6. The van der Waals surface area contributed by atoms with Crippen molar-refractivity contribution in [3.05, 3.63) is 57.2 Å². The summed E-state index contributed by atoms with van der Waals surface area (Å²) in [7, 11) is 0. The Balaban J connectivity index is 0.00000220. The Morgan fingerprint density at radius 2 is 1.90 bits per heavy atom. The number of halogens is 2. The molecule has 0 aliphatic heterocycles. The van der Waals surface area contributed by atoms with Gasteiger partial charge in [0.1, 0.15) is 0 Å². The second kappa shape index (κ2) is 10.0. The molecule has 0 unspecified atom stereocenters. The Labute approximate surface area is 151 Å². The van der Waals surface area contributed by atoms with Crippen LogP contribution in [-0.4, -0.2) is 19.0 Å². The van der Waals surface area contributed by atoms with Crippen molar-refractivity contribution >= 4 is 52.9 Å². The van der Waals surface area contributed by atoms with Crippen molar-refractivity contribution in [2.75, 3.05) is 13.1 Å². The molecule has 0 aliphatic carbocycles. The Morgan fingerprint density at radius 1 is 1.14 bits per heavy atom. The molecule has 2 aromatic rings. The van der Waals surface area contributed by atoms with Crippen LogP contribution in [0, 0.1) is 0 Å². The topological polar surface area (TPSA) is 50.4 Å². The second-order valence-corrected chi connectivity index (χ2v) is 6.18. The molecule has 1 aromatic heterocycles. The van der Waals surface area contributed by atoms with Crippen LogP contribution < -0.4 is 11.1 Å². The summed E-state index contributed by atoms with van der Waals surface area (Å²) in [6.45, 7) is 1.48.